The number of alkyl halides is 3. The Balaban J connectivity index is 1.38. The van der Waals surface area contributed by atoms with E-state index in [-0.39, 0.29) is 11.5 Å². The standard InChI is InChI=1S/C23H25F4N5O4S/c1-37(35,36)29-13-22(8-9-22)14-4-6-16(7-5-14)32-10-2-3-18(20(32)33)30-21(34)31-19-17(24)11-15(12-28-19)23(25,26)27/h4-7,11-12,18,29H,2-3,8-10,13H2,1H3,(H2,28,30,31,34). The van der Waals surface area contributed by atoms with Gasteiger partial charge in [0.25, 0.3) is 0 Å². The minimum Gasteiger partial charge on any atom is -0.326 e. The number of carbonyl (C=O) groups excluding carboxylic acids is 2. The molecule has 1 unspecified atom stereocenters. The van der Waals surface area contributed by atoms with Crippen molar-refractivity contribution in [2.24, 2.45) is 0 Å². The summed E-state index contributed by atoms with van der Waals surface area (Å²) in [6, 6.07) is 5.54. The van der Waals surface area contributed by atoms with Crippen molar-refractivity contribution in [3.63, 3.8) is 0 Å². The summed E-state index contributed by atoms with van der Waals surface area (Å²) in [5.41, 5.74) is -0.00332. The van der Waals surface area contributed by atoms with Gasteiger partial charge in [0.1, 0.15) is 6.04 Å². The zero-order valence-corrected chi connectivity index (χ0v) is 20.5. The van der Waals surface area contributed by atoms with Crippen LogP contribution < -0.4 is 20.3 Å². The number of urea groups is 1. The predicted molar refractivity (Wildman–Crippen MR) is 127 cm³/mol. The van der Waals surface area contributed by atoms with E-state index in [1.807, 2.05) is 17.4 Å². The number of sulfonamides is 1. The molecule has 9 nitrogen and oxygen atoms in total. The number of hydrogen-bond donors (Lipinski definition) is 3. The first-order valence-electron chi connectivity index (χ1n) is 11.4. The van der Waals surface area contributed by atoms with Crippen LogP contribution in [0.2, 0.25) is 0 Å². The van der Waals surface area contributed by atoms with Crippen LogP contribution in [0.1, 0.15) is 36.8 Å². The van der Waals surface area contributed by atoms with E-state index in [1.54, 1.807) is 12.1 Å². The molecule has 3 amide bonds. The van der Waals surface area contributed by atoms with E-state index >= 15 is 0 Å². The van der Waals surface area contributed by atoms with Gasteiger partial charge in [0.15, 0.2) is 11.6 Å². The maximum Gasteiger partial charge on any atom is 0.417 e. The molecule has 3 N–H and O–H groups in total. The summed E-state index contributed by atoms with van der Waals surface area (Å²) in [6.07, 6.45) is -0.705. The summed E-state index contributed by atoms with van der Waals surface area (Å²) in [5, 5.41) is 4.47. The largest absolute Gasteiger partial charge is 0.417 e. The van der Waals surface area contributed by atoms with E-state index in [4.69, 9.17) is 0 Å². The first kappa shape index (κ1) is 26.8. The summed E-state index contributed by atoms with van der Waals surface area (Å²) in [7, 11) is -3.32. The third-order valence-electron chi connectivity index (χ3n) is 6.46. The maximum atomic E-state index is 14.0. The highest BCUT2D eigenvalue weighted by Gasteiger charge is 2.44. The number of hydrogen-bond acceptors (Lipinski definition) is 5. The van der Waals surface area contributed by atoms with Crippen LogP contribution in [0.5, 0.6) is 0 Å². The van der Waals surface area contributed by atoms with E-state index < -0.39 is 51.4 Å². The van der Waals surface area contributed by atoms with Crippen LogP contribution in [0.3, 0.4) is 0 Å². The molecule has 2 fully saturated rings. The minimum atomic E-state index is -4.78. The highest BCUT2D eigenvalue weighted by Crippen LogP contribution is 2.48. The Morgan fingerprint density at radius 2 is 1.89 bits per heavy atom. The Labute approximate surface area is 210 Å². The van der Waals surface area contributed by atoms with Crippen molar-refractivity contribution >= 4 is 33.5 Å². The van der Waals surface area contributed by atoms with E-state index in [9.17, 15) is 35.6 Å². The van der Waals surface area contributed by atoms with Gasteiger partial charge in [0.05, 0.1) is 11.8 Å². The van der Waals surface area contributed by atoms with Crippen molar-refractivity contribution in [1.82, 2.24) is 15.0 Å². The molecular weight excluding hydrogens is 518 g/mol. The molecule has 1 aromatic heterocycles. The minimum absolute atomic E-state index is 0.225. The number of nitrogens with one attached hydrogen (secondary N) is 3. The van der Waals surface area contributed by atoms with Crippen molar-refractivity contribution in [3.05, 3.63) is 53.5 Å². The lowest BCUT2D eigenvalue weighted by molar-refractivity contribution is -0.138. The van der Waals surface area contributed by atoms with Gasteiger partial charge in [-0.2, -0.15) is 13.2 Å². The van der Waals surface area contributed by atoms with Crippen LogP contribution in [-0.4, -0.2) is 50.7 Å². The fourth-order valence-corrected chi connectivity index (χ4v) is 4.77. The van der Waals surface area contributed by atoms with Crippen LogP contribution in [0, 0.1) is 5.82 Å². The number of halogens is 4. The summed E-state index contributed by atoms with van der Waals surface area (Å²) in [4.78, 5) is 30.2. The fraction of sp³-hybridized carbons (Fsp3) is 0.435. The second-order valence-corrected chi connectivity index (χ2v) is 11.1. The smallest absolute Gasteiger partial charge is 0.326 e. The first-order valence-corrected chi connectivity index (χ1v) is 13.3. The van der Waals surface area contributed by atoms with Crippen LogP contribution >= 0.6 is 0 Å². The monoisotopic (exact) mass is 543 g/mol. The maximum absolute atomic E-state index is 14.0. The number of piperidine rings is 1. The van der Waals surface area contributed by atoms with Crippen LogP contribution in [-0.2, 0) is 26.4 Å². The summed E-state index contributed by atoms with van der Waals surface area (Å²) in [6.45, 7) is 0.706. The first-order chi connectivity index (χ1) is 17.3. The Bertz CT molecular complexity index is 1300. The molecule has 0 spiro atoms. The second kappa shape index (κ2) is 9.89. The zero-order valence-electron chi connectivity index (χ0n) is 19.7. The molecule has 2 aromatic rings. The van der Waals surface area contributed by atoms with Crippen molar-refractivity contribution in [2.75, 3.05) is 29.6 Å². The zero-order chi connectivity index (χ0) is 27.0. The molecule has 1 atom stereocenters. The Morgan fingerprint density at radius 1 is 1.22 bits per heavy atom. The number of anilines is 2. The molecule has 0 bridgehead atoms. The lowest BCUT2D eigenvalue weighted by atomic mass is 9.95. The van der Waals surface area contributed by atoms with Crippen molar-refractivity contribution < 1.29 is 35.6 Å². The van der Waals surface area contributed by atoms with Crippen molar-refractivity contribution in [2.45, 2.75) is 43.3 Å². The van der Waals surface area contributed by atoms with Gasteiger partial charge in [0, 0.05) is 30.4 Å². The van der Waals surface area contributed by atoms with Gasteiger partial charge in [-0.25, -0.2) is 27.3 Å². The molecule has 1 aromatic carbocycles. The second-order valence-electron chi connectivity index (χ2n) is 9.26. The topological polar surface area (TPSA) is 120 Å². The molecule has 0 radical (unpaired) electrons. The lowest BCUT2D eigenvalue weighted by Crippen LogP contribution is -2.53. The number of amides is 3. The number of pyridine rings is 1. The van der Waals surface area contributed by atoms with Crippen LogP contribution in [0.15, 0.2) is 36.5 Å². The molecule has 1 aliphatic carbocycles. The van der Waals surface area contributed by atoms with E-state index in [2.05, 4.69) is 15.0 Å². The molecular formula is C23H25F4N5O4S. The SMILES string of the molecule is CS(=O)(=O)NCC1(c2ccc(N3CCCC(NC(=O)Nc4ncc(C(F)(F)F)cc4F)C3=O)cc2)CC1. The van der Waals surface area contributed by atoms with Gasteiger partial charge < -0.3 is 10.2 Å². The van der Waals surface area contributed by atoms with E-state index in [1.165, 1.54) is 4.90 Å². The highest BCUT2D eigenvalue weighted by atomic mass is 32.2. The highest BCUT2D eigenvalue weighted by molar-refractivity contribution is 7.88. The molecule has 1 saturated heterocycles. The molecule has 4 rings (SSSR count). The lowest BCUT2D eigenvalue weighted by Gasteiger charge is -2.33. The molecule has 1 aliphatic heterocycles. The fourth-order valence-electron chi connectivity index (χ4n) is 4.23. The predicted octanol–water partition coefficient (Wildman–Crippen LogP) is 3.14. The molecule has 2 heterocycles. The summed E-state index contributed by atoms with van der Waals surface area (Å²) >= 11 is 0. The molecule has 14 heteroatoms. The molecule has 1 saturated carbocycles. The Morgan fingerprint density at radius 3 is 2.46 bits per heavy atom. The number of nitrogens with zero attached hydrogens (tertiary/aromatic N) is 2. The van der Waals surface area contributed by atoms with Gasteiger partial charge in [-0.3, -0.25) is 10.1 Å². The molecule has 37 heavy (non-hydrogen) atoms. The van der Waals surface area contributed by atoms with Crippen molar-refractivity contribution in [1.29, 1.82) is 0 Å². The Kier molecular flexibility index (Phi) is 7.16. The quantitative estimate of drug-likeness (QED) is 0.464. The van der Waals surface area contributed by atoms with Gasteiger partial charge in [-0.15, -0.1) is 0 Å². The van der Waals surface area contributed by atoms with Gasteiger partial charge in [-0.1, -0.05) is 12.1 Å². The molecule has 200 valence electrons. The van der Waals surface area contributed by atoms with E-state index in [0.29, 0.717) is 37.8 Å². The van der Waals surface area contributed by atoms with Gasteiger partial charge in [0.2, 0.25) is 15.9 Å². The number of aromatic nitrogens is 1. The summed E-state index contributed by atoms with van der Waals surface area (Å²) < 4.78 is 77.5. The van der Waals surface area contributed by atoms with E-state index in [0.717, 1.165) is 24.7 Å². The normalized spacial score (nSPS) is 19.4. The van der Waals surface area contributed by atoms with Crippen molar-refractivity contribution in [3.8, 4) is 0 Å². The summed E-state index contributed by atoms with van der Waals surface area (Å²) in [5.74, 6) is -2.45. The van der Waals surface area contributed by atoms with Crippen LogP contribution in [0.25, 0.3) is 0 Å². The average molecular weight is 544 g/mol. The molecule has 2 aliphatic rings. The number of rotatable bonds is 7. The average Bonchev–Trinajstić information content (AvgIpc) is 3.61. The third-order valence-corrected chi connectivity index (χ3v) is 7.13. The number of benzene rings is 1. The van der Waals surface area contributed by atoms with Crippen LogP contribution in [0.4, 0.5) is 33.9 Å². The van der Waals surface area contributed by atoms with Gasteiger partial charge >= 0.3 is 12.2 Å². The Hall–Kier alpha value is -3.26. The van der Waals surface area contributed by atoms with Gasteiger partial charge in [-0.05, 0) is 49.4 Å². The third kappa shape index (κ3) is 6.36. The number of carbonyl (C=O) groups is 2.